The molecule has 0 spiro atoms. The van der Waals surface area contributed by atoms with Crippen LogP contribution >= 0.6 is 11.6 Å². The van der Waals surface area contributed by atoms with Crippen LogP contribution in [-0.2, 0) is 9.53 Å². The second kappa shape index (κ2) is 6.98. The summed E-state index contributed by atoms with van der Waals surface area (Å²) in [5.41, 5.74) is -0.512. The van der Waals surface area contributed by atoms with Crippen molar-refractivity contribution in [2.75, 3.05) is 19.0 Å². The highest BCUT2D eigenvalue weighted by atomic mass is 35.5. The molecule has 2 amide bonds. The molecule has 1 N–H and O–H groups in total. The summed E-state index contributed by atoms with van der Waals surface area (Å²) in [6.07, 6.45) is 2.49. The van der Waals surface area contributed by atoms with Crippen LogP contribution in [0.1, 0.15) is 40.0 Å². The number of nitrogens with one attached hydrogen (secondary N) is 1. The lowest BCUT2D eigenvalue weighted by Crippen LogP contribution is -2.50. The molecule has 1 rings (SSSR count). The first kappa shape index (κ1) is 16.1. The Morgan fingerprint density at radius 2 is 2.05 bits per heavy atom. The van der Waals surface area contributed by atoms with Crippen molar-refractivity contribution in [3.05, 3.63) is 0 Å². The Balaban J connectivity index is 2.45. The van der Waals surface area contributed by atoms with Crippen LogP contribution in [0.15, 0.2) is 0 Å². The van der Waals surface area contributed by atoms with Crippen LogP contribution in [0.25, 0.3) is 0 Å². The van der Waals surface area contributed by atoms with E-state index in [2.05, 4.69) is 5.32 Å². The maximum Gasteiger partial charge on any atom is 0.407 e. The van der Waals surface area contributed by atoms with Gasteiger partial charge in [-0.25, -0.2) is 4.79 Å². The van der Waals surface area contributed by atoms with Crippen molar-refractivity contribution in [1.29, 1.82) is 0 Å². The molecule has 0 aromatic rings. The summed E-state index contributed by atoms with van der Waals surface area (Å²) in [5.74, 6) is -0.0829. The number of alkyl halides is 1. The van der Waals surface area contributed by atoms with E-state index < -0.39 is 11.7 Å². The Morgan fingerprint density at radius 1 is 1.37 bits per heavy atom. The van der Waals surface area contributed by atoms with Gasteiger partial charge in [0.1, 0.15) is 11.5 Å². The van der Waals surface area contributed by atoms with Crippen molar-refractivity contribution >= 4 is 23.6 Å². The fourth-order valence-electron chi connectivity index (χ4n) is 2.13. The van der Waals surface area contributed by atoms with Gasteiger partial charge in [0.15, 0.2) is 0 Å². The van der Waals surface area contributed by atoms with E-state index >= 15 is 0 Å². The van der Waals surface area contributed by atoms with Gasteiger partial charge in [-0.2, -0.15) is 0 Å². The molecule has 1 fully saturated rings. The van der Waals surface area contributed by atoms with Crippen molar-refractivity contribution in [3.8, 4) is 0 Å². The summed E-state index contributed by atoms with van der Waals surface area (Å²) in [6.45, 7) is 6.58. The Morgan fingerprint density at radius 3 is 2.63 bits per heavy atom. The van der Waals surface area contributed by atoms with E-state index in [0.29, 0.717) is 13.1 Å². The van der Waals surface area contributed by atoms with E-state index in [1.54, 1.807) is 4.90 Å². The van der Waals surface area contributed by atoms with Gasteiger partial charge >= 0.3 is 6.09 Å². The maximum absolute atomic E-state index is 11.7. The average molecular weight is 291 g/mol. The highest BCUT2D eigenvalue weighted by molar-refractivity contribution is 6.27. The lowest BCUT2D eigenvalue weighted by atomic mass is 10.0. The van der Waals surface area contributed by atoms with Crippen LogP contribution in [0.4, 0.5) is 4.79 Å². The number of halogens is 1. The van der Waals surface area contributed by atoms with Gasteiger partial charge in [-0.1, -0.05) is 0 Å². The molecule has 1 aliphatic rings. The molecule has 1 aliphatic heterocycles. The quantitative estimate of drug-likeness (QED) is 0.810. The molecule has 0 aromatic carbocycles. The van der Waals surface area contributed by atoms with Crippen molar-refractivity contribution in [2.24, 2.45) is 0 Å². The zero-order valence-electron chi connectivity index (χ0n) is 11.9. The number of hydrogen-bond acceptors (Lipinski definition) is 3. The first-order valence-corrected chi connectivity index (χ1v) is 7.19. The van der Waals surface area contributed by atoms with Gasteiger partial charge in [0.2, 0.25) is 5.91 Å². The van der Waals surface area contributed by atoms with E-state index in [9.17, 15) is 9.59 Å². The molecule has 0 saturated carbocycles. The Bertz CT molecular complexity index is 328. The summed E-state index contributed by atoms with van der Waals surface area (Å²) in [4.78, 5) is 25.0. The van der Waals surface area contributed by atoms with E-state index in [1.807, 2.05) is 20.8 Å². The largest absolute Gasteiger partial charge is 0.444 e. The normalized spacial score (nSPS) is 20.0. The number of ether oxygens (including phenoxy) is 1. The van der Waals surface area contributed by atoms with E-state index in [0.717, 1.165) is 19.3 Å². The van der Waals surface area contributed by atoms with Crippen molar-refractivity contribution in [2.45, 2.75) is 51.7 Å². The minimum Gasteiger partial charge on any atom is -0.444 e. The third-order valence-electron chi connectivity index (χ3n) is 2.94. The van der Waals surface area contributed by atoms with E-state index in [1.165, 1.54) is 0 Å². The highest BCUT2D eigenvalue weighted by Crippen LogP contribution is 2.17. The third kappa shape index (κ3) is 5.68. The number of piperidine rings is 1. The molecular weight excluding hydrogens is 268 g/mol. The zero-order valence-corrected chi connectivity index (χ0v) is 12.6. The molecule has 1 atom stereocenters. The molecule has 19 heavy (non-hydrogen) atoms. The lowest BCUT2D eigenvalue weighted by molar-refractivity contribution is -0.132. The topological polar surface area (TPSA) is 58.6 Å². The zero-order chi connectivity index (χ0) is 14.5. The SMILES string of the molecule is CC(C)(C)OC(=O)NC[C@@H]1CCCCN1C(=O)CCl. The van der Waals surface area contributed by atoms with Crippen LogP contribution in [-0.4, -0.2) is 47.5 Å². The fraction of sp³-hybridized carbons (Fsp3) is 0.846. The number of carbonyl (C=O) groups is 2. The van der Waals surface area contributed by atoms with Gasteiger partial charge in [0.25, 0.3) is 0 Å². The molecule has 6 heteroatoms. The van der Waals surface area contributed by atoms with E-state index in [4.69, 9.17) is 16.3 Å². The number of amides is 2. The summed E-state index contributed by atoms with van der Waals surface area (Å²) in [6, 6.07) is 0.0209. The number of alkyl carbamates (subject to hydrolysis) is 1. The molecule has 1 heterocycles. The predicted molar refractivity (Wildman–Crippen MR) is 74.3 cm³/mol. The molecule has 5 nitrogen and oxygen atoms in total. The standard InChI is InChI=1S/C13H23ClN2O3/c1-13(2,3)19-12(18)15-9-10-6-4-5-7-16(10)11(17)8-14/h10H,4-9H2,1-3H3,(H,15,18)/t10-/m0/s1. The fourth-order valence-corrected chi connectivity index (χ4v) is 2.29. The molecule has 0 radical (unpaired) electrons. The Hall–Kier alpha value is -0.970. The number of likely N-dealkylation sites (tertiary alicyclic amines) is 1. The van der Waals surface area contributed by atoms with Gasteiger partial charge in [0, 0.05) is 19.1 Å². The lowest BCUT2D eigenvalue weighted by Gasteiger charge is -2.35. The molecule has 0 bridgehead atoms. The van der Waals surface area contributed by atoms with Crippen molar-refractivity contribution in [3.63, 3.8) is 0 Å². The number of hydrogen-bond donors (Lipinski definition) is 1. The molecule has 0 aromatic heterocycles. The van der Waals surface area contributed by atoms with Gasteiger partial charge in [-0.05, 0) is 40.0 Å². The van der Waals surface area contributed by atoms with Gasteiger partial charge < -0.3 is 15.0 Å². The van der Waals surface area contributed by atoms with Gasteiger partial charge in [-0.15, -0.1) is 11.6 Å². The van der Waals surface area contributed by atoms with Gasteiger partial charge in [-0.3, -0.25) is 4.79 Å². The predicted octanol–water partition coefficient (Wildman–Crippen LogP) is 2.13. The average Bonchev–Trinajstić information content (AvgIpc) is 2.33. The van der Waals surface area contributed by atoms with Crippen molar-refractivity contribution < 1.29 is 14.3 Å². The van der Waals surface area contributed by atoms with Crippen LogP contribution in [0.3, 0.4) is 0 Å². The minimum absolute atomic E-state index is 0.0110. The van der Waals surface area contributed by atoms with E-state index in [-0.39, 0.29) is 17.8 Å². The van der Waals surface area contributed by atoms with Gasteiger partial charge in [0.05, 0.1) is 0 Å². The van der Waals surface area contributed by atoms with Crippen LogP contribution in [0.5, 0.6) is 0 Å². The van der Waals surface area contributed by atoms with Crippen LogP contribution in [0, 0.1) is 0 Å². The summed E-state index contributed by atoms with van der Waals surface area (Å²) >= 11 is 5.60. The molecule has 0 aliphatic carbocycles. The van der Waals surface area contributed by atoms with Crippen molar-refractivity contribution in [1.82, 2.24) is 10.2 Å². The Kier molecular flexibility index (Phi) is 5.91. The van der Waals surface area contributed by atoms with Crippen LogP contribution in [0.2, 0.25) is 0 Å². The molecule has 0 unspecified atom stereocenters. The molecule has 1 saturated heterocycles. The highest BCUT2D eigenvalue weighted by Gasteiger charge is 2.27. The number of nitrogens with zero attached hydrogens (tertiary/aromatic N) is 1. The summed E-state index contributed by atoms with van der Waals surface area (Å²) in [5, 5.41) is 2.72. The monoisotopic (exact) mass is 290 g/mol. The second-order valence-corrected chi connectivity index (χ2v) is 6.02. The smallest absolute Gasteiger partial charge is 0.407 e. The Labute approximate surface area is 119 Å². The maximum atomic E-state index is 11.7. The first-order chi connectivity index (χ1) is 8.83. The molecular formula is C13H23ClN2O3. The second-order valence-electron chi connectivity index (χ2n) is 5.75. The summed E-state index contributed by atoms with van der Waals surface area (Å²) in [7, 11) is 0. The number of carbonyl (C=O) groups excluding carboxylic acids is 2. The first-order valence-electron chi connectivity index (χ1n) is 6.66. The molecule has 110 valence electrons. The van der Waals surface area contributed by atoms with Crippen LogP contribution < -0.4 is 5.32 Å². The number of rotatable bonds is 3. The third-order valence-corrected chi connectivity index (χ3v) is 3.17. The minimum atomic E-state index is -0.512. The summed E-state index contributed by atoms with van der Waals surface area (Å²) < 4.78 is 5.17.